The van der Waals surface area contributed by atoms with Gasteiger partial charge in [0.1, 0.15) is 5.75 Å². The molecule has 1 aliphatic heterocycles. The van der Waals surface area contributed by atoms with Gasteiger partial charge in [-0.1, -0.05) is 0 Å². The molecule has 0 bridgehead atoms. The van der Waals surface area contributed by atoms with Crippen LogP contribution >= 0.6 is 0 Å². The maximum absolute atomic E-state index is 12.2. The molecule has 3 rings (SSSR count). The molecule has 1 aromatic carbocycles. The first-order valence-electron chi connectivity index (χ1n) is 7.63. The van der Waals surface area contributed by atoms with Crippen LogP contribution in [0.4, 0.5) is 5.69 Å². The number of aromatic amines is 1. The van der Waals surface area contributed by atoms with Crippen LogP contribution in [-0.2, 0) is 16.0 Å². The molecule has 1 aliphatic rings. The highest BCUT2D eigenvalue weighted by molar-refractivity contribution is 6.35. The minimum Gasteiger partial charge on any atom is -0.508 e. The number of hydrogen-bond donors (Lipinski definition) is 4. The molecule has 0 fully saturated rings. The van der Waals surface area contributed by atoms with Crippen LogP contribution in [0, 0.1) is 13.8 Å². The lowest BCUT2D eigenvalue weighted by atomic mass is 10.0. The lowest BCUT2D eigenvalue weighted by molar-refractivity contribution is -0.137. The van der Waals surface area contributed by atoms with E-state index in [1.54, 1.807) is 12.1 Å². The van der Waals surface area contributed by atoms with Gasteiger partial charge in [0.05, 0.1) is 11.3 Å². The summed E-state index contributed by atoms with van der Waals surface area (Å²) < 4.78 is 0. The molecule has 0 spiro atoms. The Hall–Kier alpha value is -3.02. The second-order valence-corrected chi connectivity index (χ2v) is 5.90. The molecular formula is C18H18N2O4. The number of fused-ring (bicyclic) bond motifs is 1. The summed E-state index contributed by atoms with van der Waals surface area (Å²) in [4.78, 5) is 26.2. The minimum atomic E-state index is -0.834. The van der Waals surface area contributed by atoms with Gasteiger partial charge < -0.3 is 20.5 Å². The molecule has 124 valence electrons. The van der Waals surface area contributed by atoms with E-state index < -0.39 is 5.97 Å². The van der Waals surface area contributed by atoms with E-state index in [0.29, 0.717) is 17.7 Å². The van der Waals surface area contributed by atoms with Crippen molar-refractivity contribution in [1.82, 2.24) is 4.98 Å². The average Bonchev–Trinajstić information content (AvgIpc) is 2.94. The third kappa shape index (κ3) is 2.78. The van der Waals surface area contributed by atoms with Crippen molar-refractivity contribution in [3.63, 3.8) is 0 Å². The summed E-state index contributed by atoms with van der Waals surface area (Å²) in [5.74, 6) is -0.966. The monoisotopic (exact) mass is 326 g/mol. The van der Waals surface area contributed by atoms with E-state index in [4.69, 9.17) is 5.11 Å². The number of carboxylic acids is 1. The quantitative estimate of drug-likeness (QED) is 0.649. The summed E-state index contributed by atoms with van der Waals surface area (Å²) in [5, 5.41) is 21.1. The van der Waals surface area contributed by atoms with E-state index in [0.717, 1.165) is 28.1 Å². The molecule has 4 N–H and O–H groups in total. The van der Waals surface area contributed by atoms with Crippen molar-refractivity contribution in [2.24, 2.45) is 0 Å². The molecule has 0 radical (unpaired) electrons. The van der Waals surface area contributed by atoms with E-state index in [9.17, 15) is 14.7 Å². The predicted octanol–water partition coefficient (Wildman–Crippen LogP) is 2.85. The second-order valence-electron chi connectivity index (χ2n) is 5.90. The van der Waals surface area contributed by atoms with Crippen LogP contribution in [-0.4, -0.2) is 27.1 Å². The number of phenolic OH excluding ortho intramolecular Hbond substituents is 1. The van der Waals surface area contributed by atoms with E-state index in [-0.39, 0.29) is 18.1 Å². The van der Waals surface area contributed by atoms with Gasteiger partial charge in [0.15, 0.2) is 0 Å². The number of aromatic hydroxyl groups is 1. The highest BCUT2D eigenvalue weighted by atomic mass is 16.4. The second kappa shape index (κ2) is 5.88. The molecule has 0 saturated carbocycles. The highest BCUT2D eigenvalue weighted by Gasteiger charge is 2.25. The fourth-order valence-electron chi connectivity index (χ4n) is 3.04. The number of nitrogens with one attached hydrogen (secondary N) is 2. The molecule has 1 aromatic heterocycles. The van der Waals surface area contributed by atoms with E-state index in [1.165, 1.54) is 12.1 Å². The lowest BCUT2D eigenvalue weighted by Gasteiger charge is -2.01. The summed E-state index contributed by atoms with van der Waals surface area (Å²) >= 11 is 0. The number of aliphatic carboxylic acids is 1. The van der Waals surface area contributed by atoms with Crippen LogP contribution < -0.4 is 5.32 Å². The summed E-state index contributed by atoms with van der Waals surface area (Å²) in [7, 11) is 0. The predicted molar refractivity (Wildman–Crippen MR) is 90.8 cm³/mol. The minimum absolute atomic E-state index is 0.0676. The largest absolute Gasteiger partial charge is 0.508 e. The number of amides is 1. The molecule has 0 atom stereocenters. The van der Waals surface area contributed by atoms with Crippen LogP contribution in [0.15, 0.2) is 18.2 Å². The normalized spacial score (nSPS) is 14.8. The Labute approximate surface area is 138 Å². The van der Waals surface area contributed by atoms with Gasteiger partial charge in [-0.2, -0.15) is 0 Å². The zero-order chi connectivity index (χ0) is 17.4. The van der Waals surface area contributed by atoms with Crippen molar-refractivity contribution in [3.8, 4) is 5.75 Å². The zero-order valence-corrected chi connectivity index (χ0v) is 13.4. The van der Waals surface area contributed by atoms with Gasteiger partial charge in [0.25, 0.3) is 5.91 Å². The van der Waals surface area contributed by atoms with Crippen molar-refractivity contribution < 1.29 is 19.8 Å². The number of phenols is 1. The molecule has 6 heteroatoms. The molecule has 0 unspecified atom stereocenters. The number of aromatic nitrogens is 1. The van der Waals surface area contributed by atoms with Gasteiger partial charge in [-0.15, -0.1) is 0 Å². The number of hydrogen-bond acceptors (Lipinski definition) is 3. The Balaban J connectivity index is 1.99. The van der Waals surface area contributed by atoms with E-state index in [1.807, 2.05) is 13.8 Å². The number of H-pyrrole nitrogens is 1. The Kier molecular flexibility index (Phi) is 3.89. The van der Waals surface area contributed by atoms with E-state index >= 15 is 0 Å². The van der Waals surface area contributed by atoms with Crippen LogP contribution in [0.5, 0.6) is 5.75 Å². The van der Waals surface area contributed by atoms with Gasteiger partial charge in [0, 0.05) is 29.4 Å². The van der Waals surface area contributed by atoms with Gasteiger partial charge >= 0.3 is 5.97 Å². The molecule has 24 heavy (non-hydrogen) atoms. The maximum atomic E-state index is 12.2. The number of anilines is 1. The van der Waals surface area contributed by atoms with Crippen LogP contribution in [0.1, 0.15) is 34.5 Å². The molecule has 1 amide bonds. The Bertz CT molecular complexity index is 877. The number of carboxylic acid groups (broad SMARTS) is 1. The lowest BCUT2D eigenvalue weighted by Crippen LogP contribution is -2.03. The van der Waals surface area contributed by atoms with Crippen molar-refractivity contribution in [3.05, 3.63) is 46.3 Å². The summed E-state index contributed by atoms with van der Waals surface area (Å²) in [5.41, 5.74) is 5.44. The highest BCUT2D eigenvalue weighted by Crippen LogP contribution is 2.36. The van der Waals surface area contributed by atoms with Crippen molar-refractivity contribution in [2.75, 3.05) is 5.32 Å². The first-order chi connectivity index (χ1) is 11.4. The molecule has 0 saturated heterocycles. The molecule has 6 nitrogen and oxygen atoms in total. The summed E-state index contributed by atoms with van der Waals surface area (Å²) in [6, 6.07) is 4.75. The SMILES string of the molecule is Cc1[nH]c(/C=C2\C(=O)Nc3cc(O)ccc32)c(C)c1CCC(=O)O. The number of carbonyl (C=O) groups is 2. The Morgan fingerprint density at radius 2 is 2.04 bits per heavy atom. The molecule has 2 heterocycles. The molecule has 0 aliphatic carbocycles. The van der Waals surface area contributed by atoms with Crippen LogP contribution in [0.2, 0.25) is 0 Å². The fourth-order valence-corrected chi connectivity index (χ4v) is 3.04. The van der Waals surface area contributed by atoms with Crippen molar-refractivity contribution in [2.45, 2.75) is 26.7 Å². The summed E-state index contributed by atoms with van der Waals surface area (Å²) in [6.07, 6.45) is 2.28. The zero-order valence-electron chi connectivity index (χ0n) is 13.4. The maximum Gasteiger partial charge on any atom is 0.303 e. The number of benzene rings is 1. The van der Waals surface area contributed by atoms with Crippen molar-refractivity contribution >= 4 is 29.2 Å². The van der Waals surface area contributed by atoms with Crippen LogP contribution in [0.3, 0.4) is 0 Å². The topological polar surface area (TPSA) is 102 Å². The fraction of sp³-hybridized carbons (Fsp3) is 0.222. The van der Waals surface area contributed by atoms with Gasteiger partial charge in [0.2, 0.25) is 0 Å². The number of rotatable bonds is 4. The average molecular weight is 326 g/mol. The third-order valence-corrected chi connectivity index (χ3v) is 4.30. The summed E-state index contributed by atoms with van der Waals surface area (Å²) in [6.45, 7) is 3.81. The van der Waals surface area contributed by atoms with Crippen LogP contribution in [0.25, 0.3) is 11.6 Å². The van der Waals surface area contributed by atoms with Gasteiger partial charge in [-0.25, -0.2) is 0 Å². The molecule has 2 aromatic rings. The van der Waals surface area contributed by atoms with E-state index in [2.05, 4.69) is 10.3 Å². The molecular weight excluding hydrogens is 308 g/mol. The first-order valence-corrected chi connectivity index (χ1v) is 7.63. The van der Waals surface area contributed by atoms with Gasteiger partial charge in [-0.05, 0) is 49.6 Å². The Morgan fingerprint density at radius 3 is 2.75 bits per heavy atom. The first kappa shape index (κ1) is 15.9. The third-order valence-electron chi connectivity index (χ3n) is 4.30. The van der Waals surface area contributed by atoms with Gasteiger partial charge in [-0.3, -0.25) is 9.59 Å². The smallest absolute Gasteiger partial charge is 0.303 e. The number of carbonyl (C=O) groups excluding carboxylic acids is 1. The van der Waals surface area contributed by atoms with Crippen molar-refractivity contribution in [1.29, 1.82) is 0 Å². The number of aryl methyl sites for hydroxylation is 1. The standard InChI is InChI=1S/C18H18N2O4/c1-9-12(5-6-17(22)23)10(2)19-15(9)8-14-13-4-3-11(21)7-16(13)20-18(14)24/h3-4,7-8,19,21H,5-6H2,1-2H3,(H,20,24)(H,22,23)/b14-8-. The Morgan fingerprint density at radius 1 is 1.29 bits per heavy atom.